The van der Waals surface area contributed by atoms with E-state index in [-0.39, 0.29) is 11.0 Å². The number of carboxylic acid groups (broad SMARTS) is 1. The van der Waals surface area contributed by atoms with Crippen LogP contribution in [0.4, 0.5) is 10.8 Å². The van der Waals surface area contributed by atoms with E-state index < -0.39 is 26.5 Å². The van der Waals surface area contributed by atoms with Crippen molar-refractivity contribution >= 4 is 38.0 Å². The number of thiophene rings is 1. The summed E-state index contributed by atoms with van der Waals surface area (Å²) in [6.07, 6.45) is 3.23. The van der Waals surface area contributed by atoms with Crippen molar-refractivity contribution in [2.75, 3.05) is 11.6 Å². The molecule has 2 heterocycles. The lowest BCUT2D eigenvalue weighted by molar-refractivity contribution is 0.0696. The molecule has 0 radical (unpaired) electrons. The number of rotatable bonds is 4. The minimum atomic E-state index is -3.20. The highest BCUT2D eigenvalue weighted by molar-refractivity contribution is 7.91. The first kappa shape index (κ1) is 20.8. The van der Waals surface area contributed by atoms with E-state index in [2.05, 4.69) is 24.1 Å². The van der Waals surface area contributed by atoms with Gasteiger partial charge >= 0.3 is 5.97 Å². The maximum absolute atomic E-state index is 12.5. The molecule has 1 aliphatic carbocycles. The second kappa shape index (κ2) is 6.56. The highest BCUT2D eigenvalue weighted by Gasteiger charge is 2.50. The van der Waals surface area contributed by atoms with Crippen LogP contribution in [0, 0.1) is 6.92 Å². The number of hydrogen-bond acceptors (Lipinski definition) is 6. The molecule has 6 nitrogen and oxygen atoms in total. The highest BCUT2D eigenvalue weighted by atomic mass is 32.2. The van der Waals surface area contributed by atoms with E-state index in [0.29, 0.717) is 12.2 Å². The third-order valence-corrected chi connectivity index (χ3v) is 9.01. The summed E-state index contributed by atoms with van der Waals surface area (Å²) >= 11 is 1.56. The lowest BCUT2D eigenvalue weighted by Crippen LogP contribution is -2.48. The predicted molar refractivity (Wildman–Crippen MR) is 113 cm³/mol. The van der Waals surface area contributed by atoms with Crippen LogP contribution >= 0.6 is 11.3 Å². The summed E-state index contributed by atoms with van der Waals surface area (Å²) in [5.74, 6) is -0.459. The first-order valence-corrected chi connectivity index (χ1v) is 11.8. The Morgan fingerprint density at radius 3 is 2.43 bits per heavy atom. The van der Waals surface area contributed by atoms with Crippen LogP contribution in [0.3, 0.4) is 0 Å². The number of nitrogens with zero attached hydrogens (tertiary/aromatic N) is 1. The molecule has 2 aromatic rings. The number of carbonyl (C=O) groups is 1. The van der Waals surface area contributed by atoms with Crippen LogP contribution in [0.1, 0.15) is 60.5 Å². The third-order valence-electron chi connectivity index (χ3n) is 5.68. The van der Waals surface area contributed by atoms with Gasteiger partial charge in [-0.05, 0) is 42.0 Å². The second-order valence-corrected chi connectivity index (χ2v) is 12.0. The quantitative estimate of drug-likeness (QED) is 0.764. The number of aromatic nitrogens is 1. The third kappa shape index (κ3) is 3.43. The molecule has 1 atom stereocenters. The van der Waals surface area contributed by atoms with E-state index in [1.807, 2.05) is 20.8 Å². The number of aromatic carboxylic acids is 1. The summed E-state index contributed by atoms with van der Waals surface area (Å²) < 4.78 is 25.0. The van der Waals surface area contributed by atoms with Gasteiger partial charge in [-0.3, -0.25) is 0 Å². The van der Waals surface area contributed by atoms with Gasteiger partial charge in [0.25, 0.3) is 0 Å². The van der Waals surface area contributed by atoms with Crippen LogP contribution in [0.2, 0.25) is 0 Å². The highest BCUT2D eigenvalue weighted by Crippen LogP contribution is 2.54. The molecule has 0 aromatic carbocycles. The molecule has 152 valence electrons. The van der Waals surface area contributed by atoms with Crippen LogP contribution in [0.25, 0.3) is 0 Å². The smallest absolute Gasteiger partial charge is 0.337 e. The normalized spacial score (nSPS) is 20.4. The Balaban J connectivity index is 2.07. The van der Waals surface area contributed by atoms with Crippen molar-refractivity contribution < 1.29 is 18.3 Å². The summed E-state index contributed by atoms with van der Waals surface area (Å²) in [6, 6.07) is 3.14. The van der Waals surface area contributed by atoms with Crippen molar-refractivity contribution in [3.63, 3.8) is 0 Å². The first-order valence-electron chi connectivity index (χ1n) is 9.04. The van der Waals surface area contributed by atoms with Gasteiger partial charge in [0.05, 0.1) is 15.8 Å². The van der Waals surface area contributed by atoms with E-state index in [1.165, 1.54) is 24.1 Å². The van der Waals surface area contributed by atoms with E-state index in [9.17, 15) is 13.2 Å². The Morgan fingerprint density at radius 2 is 1.93 bits per heavy atom. The largest absolute Gasteiger partial charge is 0.478 e. The Bertz CT molecular complexity index is 1030. The number of nitrogens with one attached hydrogen (secondary N) is 1. The van der Waals surface area contributed by atoms with Gasteiger partial charge in [0.1, 0.15) is 5.82 Å². The fourth-order valence-electron chi connectivity index (χ4n) is 4.27. The molecular formula is C20H26N2O4S2. The summed E-state index contributed by atoms with van der Waals surface area (Å²) in [5.41, 5.74) is 1.67. The van der Waals surface area contributed by atoms with Crippen molar-refractivity contribution in [1.82, 2.24) is 4.98 Å². The van der Waals surface area contributed by atoms with Gasteiger partial charge < -0.3 is 10.4 Å². The number of anilines is 2. The lowest BCUT2D eigenvalue weighted by atomic mass is 9.65. The molecule has 1 unspecified atom stereocenters. The molecule has 1 aliphatic rings. The van der Waals surface area contributed by atoms with Crippen molar-refractivity contribution in [3.05, 3.63) is 39.9 Å². The number of hydrogen-bond donors (Lipinski definition) is 2. The zero-order valence-corrected chi connectivity index (χ0v) is 18.6. The van der Waals surface area contributed by atoms with Crippen LogP contribution < -0.4 is 5.32 Å². The van der Waals surface area contributed by atoms with E-state index >= 15 is 0 Å². The van der Waals surface area contributed by atoms with E-state index in [4.69, 9.17) is 5.11 Å². The van der Waals surface area contributed by atoms with Crippen molar-refractivity contribution in [3.8, 4) is 0 Å². The molecule has 0 amide bonds. The number of pyridine rings is 1. The van der Waals surface area contributed by atoms with Crippen LogP contribution in [0.15, 0.2) is 18.3 Å². The molecule has 0 bridgehead atoms. The van der Waals surface area contributed by atoms with E-state index in [0.717, 1.165) is 15.4 Å². The summed E-state index contributed by atoms with van der Waals surface area (Å²) in [7, 11) is -3.20. The number of sulfone groups is 1. The van der Waals surface area contributed by atoms with Crippen molar-refractivity contribution in [2.45, 2.75) is 57.1 Å². The van der Waals surface area contributed by atoms with Crippen LogP contribution in [-0.2, 0) is 20.7 Å². The molecule has 2 N–H and O–H groups in total. The fraction of sp³-hybridized carbons (Fsp3) is 0.500. The lowest BCUT2D eigenvalue weighted by Gasteiger charge is -2.45. The molecular weight excluding hydrogens is 396 g/mol. The Hall–Kier alpha value is -1.93. The average Bonchev–Trinajstić information content (AvgIpc) is 2.90. The molecule has 3 rings (SSSR count). The Kier molecular flexibility index (Phi) is 4.87. The van der Waals surface area contributed by atoms with Gasteiger partial charge in [0.2, 0.25) is 0 Å². The Morgan fingerprint density at radius 1 is 1.29 bits per heavy atom. The van der Waals surface area contributed by atoms with Gasteiger partial charge in [-0.2, -0.15) is 0 Å². The number of carboxylic acids is 1. The van der Waals surface area contributed by atoms with Crippen molar-refractivity contribution in [1.29, 1.82) is 0 Å². The molecule has 0 aliphatic heterocycles. The molecule has 2 aromatic heterocycles. The van der Waals surface area contributed by atoms with Gasteiger partial charge in [0, 0.05) is 22.7 Å². The minimum absolute atomic E-state index is 0.131. The summed E-state index contributed by atoms with van der Waals surface area (Å²) in [5, 5.41) is 12.8. The average molecular weight is 423 g/mol. The van der Waals surface area contributed by atoms with Gasteiger partial charge in [-0.15, -0.1) is 11.3 Å². The molecule has 8 heteroatoms. The molecule has 28 heavy (non-hydrogen) atoms. The van der Waals surface area contributed by atoms with Gasteiger partial charge in [-0.25, -0.2) is 18.2 Å². The van der Waals surface area contributed by atoms with Gasteiger partial charge in [0.15, 0.2) is 9.84 Å². The zero-order chi connectivity index (χ0) is 21.1. The fourth-order valence-corrected chi connectivity index (χ4v) is 7.80. The molecule has 0 spiro atoms. The van der Waals surface area contributed by atoms with Crippen molar-refractivity contribution in [2.24, 2.45) is 0 Å². The SMILES string of the molecule is Cc1c(Nc2ccc(C(=O)O)cn2)sc2c1C(C)(C)CC(S(C)(=O)=O)C2(C)C. The van der Waals surface area contributed by atoms with Gasteiger partial charge in [-0.1, -0.05) is 27.7 Å². The maximum Gasteiger partial charge on any atom is 0.337 e. The standard InChI is InChI=1S/C20H26N2O4S2/c1-11-15-16(20(4,5)13(28(6,25)26)9-19(15,2)3)27-17(11)22-14-8-7-12(10-21-14)18(23)24/h7-8,10,13H,9H2,1-6H3,(H,21,22)(H,23,24). The second-order valence-electron chi connectivity index (χ2n) is 8.75. The minimum Gasteiger partial charge on any atom is -0.478 e. The topological polar surface area (TPSA) is 96.4 Å². The predicted octanol–water partition coefficient (Wildman–Crippen LogP) is 4.27. The van der Waals surface area contributed by atoms with Crippen LogP contribution in [0.5, 0.6) is 0 Å². The number of fused-ring (bicyclic) bond motifs is 1. The summed E-state index contributed by atoms with van der Waals surface area (Å²) in [4.78, 5) is 16.3. The summed E-state index contributed by atoms with van der Waals surface area (Å²) in [6.45, 7) is 10.3. The first-order chi connectivity index (χ1) is 12.7. The maximum atomic E-state index is 12.5. The molecule has 0 fully saturated rings. The van der Waals surface area contributed by atoms with Crippen LogP contribution in [-0.4, -0.2) is 36.0 Å². The monoisotopic (exact) mass is 422 g/mol. The zero-order valence-electron chi connectivity index (χ0n) is 17.0. The Labute approximate surface area is 169 Å². The molecule has 0 saturated heterocycles. The molecule has 0 saturated carbocycles. The van der Waals surface area contributed by atoms with E-state index in [1.54, 1.807) is 17.4 Å².